The molecule has 0 bridgehead atoms. The van der Waals surface area contributed by atoms with Gasteiger partial charge >= 0.3 is 0 Å². The van der Waals surface area contributed by atoms with Crippen LogP contribution in [0.1, 0.15) is 33.6 Å². The van der Waals surface area contributed by atoms with Crippen LogP contribution in [-0.2, 0) is 19.6 Å². The molecule has 1 amide bonds. The van der Waals surface area contributed by atoms with Gasteiger partial charge in [-0.1, -0.05) is 6.92 Å². The molecule has 0 spiro atoms. The summed E-state index contributed by atoms with van der Waals surface area (Å²) >= 11 is 0. The summed E-state index contributed by atoms with van der Waals surface area (Å²) in [5.41, 5.74) is 0.559. The van der Waals surface area contributed by atoms with Crippen molar-refractivity contribution in [3.05, 3.63) is 24.3 Å². The molecule has 1 aromatic carbocycles. The molecular formula is C17H29N3O4S. The summed E-state index contributed by atoms with van der Waals surface area (Å²) in [5, 5.41) is 5.76. The number of hydrogen-bond donors (Lipinski definition) is 3. The lowest BCUT2D eigenvalue weighted by Gasteiger charge is -2.12. The molecule has 142 valence electrons. The lowest BCUT2D eigenvalue weighted by atomic mass is 10.3. The van der Waals surface area contributed by atoms with E-state index < -0.39 is 10.0 Å². The molecule has 8 heteroatoms. The molecule has 3 N–H and O–H groups in total. The number of carbonyl (C=O) groups excluding carboxylic acids is 1. The quantitative estimate of drug-likeness (QED) is 0.486. The highest BCUT2D eigenvalue weighted by Gasteiger charge is 2.16. The Morgan fingerprint density at radius 3 is 2.48 bits per heavy atom. The van der Waals surface area contributed by atoms with Gasteiger partial charge in [0.25, 0.3) is 0 Å². The number of sulfonamides is 1. The van der Waals surface area contributed by atoms with Crippen LogP contribution in [0.15, 0.2) is 29.2 Å². The topological polar surface area (TPSA) is 96.5 Å². The van der Waals surface area contributed by atoms with Crippen LogP contribution in [0.3, 0.4) is 0 Å². The van der Waals surface area contributed by atoms with Crippen LogP contribution >= 0.6 is 0 Å². The molecule has 7 nitrogen and oxygen atoms in total. The van der Waals surface area contributed by atoms with E-state index in [0.29, 0.717) is 31.9 Å². The van der Waals surface area contributed by atoms with Gasteiger partial charge in [0.1, 0.15) is 0 Å². The Labute approximate surface area is 150 Å². The minimum atomic E-state index is -3.53. The van der Waals surface area contributed by atoms with Crippen molar-refractivity contribution in [2.75, 3.05) is 31.6 Å². The van der Waals surface area contributed by atoms with Gasteiger partial charge in [0.2, 0.25) is 15.9 Å². The molecule has 0 fully saturated rings. The number of nitrogens with one attached hydrogen (secondary N) is 3. The first kappa shape index (κ1) is 21.6. The Morgan fingerprint density at radius 2 is 1.88 bits per heavy atom. The van der Waals surface area contributed by atoms with Crippen LogP contribution in [0.4, 0.5) is 5.69 Å². The van der Waals surface area contributed by atoms with Gasteiger partial charge < -0.3 is 15.4 Å². The van der Waals surface area contributed by atoms with E-state index in [1.165, 1.54) is 12.1 Å². The van der Waals surface area contributed by atoms with Crippen molar-refractivity contribution in [3.8, 4) is 0 Å². The summed E-state index contributed by atoms with van der Waals surface area (Å²) in [6, 6.07) is 6.00. The molecule has 1 unspecified atom stereocenters. The zero-order chi connectivity index (χ0) is 18.7. The number of rotatable bonds is 12. The van der Waals surface area contributed by atoms with Gasteiger partial charge in [0.05, 0.1) is 11.4 Å². The van der Waals surface area contributed by atoms with Crippen LogP contribution in [-0.4, -0.2) is 46.7 Å². The smallest absolute Gasteiger partial charge is 0.240 e. The Balaban J connectivity index is 2.44. The van der Waals surface area contributed by atoms with Crippen molar-refractivity contribution in [1.82, 2.24) is 10.0 Å². The zero-order valence-corrected chi connectivity index (χ0v) is 16.0. The van der Waals surface area contributed by atoms with E-state index in [1.54, 1.807) is 12.1 Å². The fourth-order valence-electron chi connectivity index (χ4n) is 1.98. The van der Waals surface area contributed by atoms with Crippen LogP contribution in [0.25, 0.3) is 0 Å². The molecule has 0 aliphatic rings. The molecule has 0 heterocycles. The lowest BCUT2D eigenvalue weighted by Crippen LogP contribution is -2.32. The van der Waals surface area contributed by atoms with E-state index >= 15 is 0 Å². The molecular weight excluding hydrogens is 342 g/mol. The van der Waals surface area contributed by atoms with Gasteiger partial charge in [-0.2, -0.15) is 0 Å². The normalized spacial score (nSPS) is 12.8. The number of benzene rings is 1. The largest absolute Gasteiger partial charge is 0.382 e. The molecule has 0 radical (unpaired) electrons. The third-order valence-electron chi connectivity index (χ3n) is 3.55. The van der Waals surface area contributed by atoms with Crippen molar-refractivity contribution >= 4 is 21.6 Å². The van der Waals surface area contributed by atoms with Crippen molar-refractivity contribution in [2.24, 2.45) is 0 Å². The van der Waals surface area contributed by atoms with E-state index in [2.05, 4.69) is 15.4 Å². The summed E-state index contributed by atoms with van der Waals surface area (Å²) in [4.78, 5) is 12.0. The van der Waals surface area contributed by atoms with Crippen LogP contribution in [0.5, 0.6) is 0 Å². The summed E-state index contributed by atoms with van der Waals surface area (Å²) in [6.07, 6.45) is 1.56. The van der Waals surface area contributed by atoms with Crippen LogP contribution in [0.2, 0.25) is 0 Å². The van der Waals surface area contributed by atoms with Gasteiger partial charge in [0.15, 0.2) is 0 Å². The van der Waals surface area contributed by atoms with Gasteiger partial charge in [-0.15, -0.1) is 0 Å². The average molecular weight is 372 g/mol. The van der Waals surface area contributed by atoms with E-state index in [-0.39, 0.29) is 23.4 Å². The first-order chi connectivity index (χ1) is 11.9. The van der Waals surface area contributed by atoms with Crippen LogP contribution in [0, 0.1) is 0 Å². The third-order valence-corrected chi connectivity index (χ3v) is 5.15. The lowest BCUT2D eigenvalue weighted by molar-refractivity contribution is -0.115. The highest BCUT2D eigenvalue weighted by Crippen LogP contribution is 2.14. The summed E-state index contributed by atoms with van der Waals surface area (Å²) < 4.78 is 32.1. The number of carbonyl (C=O) groups is 1. The molecule has 0 aliphatic heterocycles. The Bertz CT molecular complexity index is 617. The Kier molecular flexibility index (Phi) is 9.66. The number of amides is 1. The first-order valence-corrected chi connectivity index (χ1v) is 10.1. The van der Waals surface area contributed by atoms with Crippen molar-refractivity contribution in [2.45, 2.75) is 44.6 Å². The second-order valence-electron chi connectivity index (χ2n) is 5.73. The Morgan fingerprint density at radius 1 is 1.20 bits per heavy atom. The van der Waals surface area contributed by atoms with Crippen molar-refractivity contribution in [3.63, 3.8) is 0 Å². The second-order valence-corrected chi connectivity index (χ2v) is 7.44. The molecule has 0 aliphatic carbocycles. The number of hydrogen-bond acceptors (Lipinski definition) is 5. The summed E-state index contributed by atoms with van der Waals surface area (Å²) in [7, 11) is -3.53. The zero-order valence-electron chi connectivity index (χ0n) is 15.2. The molecule has 0 saturated heterocycles. The maximum Gasteiger partial charge on any atom is 0.240 e. The summed E-state index contributed by atoms with van der Waals surface area (Å²) in [6.45, 7) is 7.93. The van der Waals surface area contributed by atoms with Gasteiger partial charge in [-0.3, -0.25) is 4.79 Å². The average Bonchev–Trinajstić information content (AvgIpc) is 2.58. The van der Waals surface area contributed by atoms with Gasteiger partial charge in [0, 0.05) is 24.9 Å². The predicted molar refractivity (Wildman–Crippen MR) is 99.1 cm³/mol. The fraction of sp³-hybridized carbons (Fsp3) is 0.588. The highest BCUT2D eigenvalue weighted by atomic mass is 32.2. The van der Waals surface area contributed by atoms with E-state index in [4.69, 9.17) is 4.74 Å². The minimum Gasteiger partial charge on any atom is -0.382 e. The molecule has 25 heavy (non-hydrogen) atoms. The van der Waals surface area contributed by atoms with E-state index in [1.807, 2.05) is 20.8 Å². The standard InChI is InChI=1S/C17H29N3O4S/c1-4-14(3)20-25(22,23)16-9-7-15(8-10-16)19-17(21)13-18-11-6-12-24-5-2/h7-10,14,18,20H,4-6,11-13H2,1-3H3,(H,19,21). The number of anilines is 1. The van der Waals surface area contributed by atoms with Crippen molar-refractivity contribution in [1.29, 1.82) is 0 Å². The molecule has 0 saturated carbocycles. The van der Waals surface area contributed by atoms with E-state index in [9.17, 15) is 13.2 Å². The number of ether oxygens (including phenoxy) is 1. The first-order valence-electron chi connectivity index (χ1n) is 8.59. The van der Waals surface area contributed by atoms with Gasteiger partial charge in [-0.05, 0) is 57.5 Å². The maximum atomic E-state index is 12.2. The molecule has 1 atom stereocenters. The third kappa shape index (κ3) is 8.44. The monoisotopic (exact) mass is 371 g/mol. The van der Waals surface area contributed by atoms with Gasteiger partial charge in [-0.25, -0.2) is 13.1 Å². The summed E-state index contributed by atoms with van der Waals surface area (Å²) in [5.74, 6) is -0.176. The predicted octanol–water partition coefficient (Wildman–Crippen LogP) is 1.72. The highest BCUT2D eigenvalue weighted by molar-refractivity contribution is 7.89. The molecule has 1 rings (SSSR count). The SMILES string of the molecule is CCOCCCNCC(=O)Nc1ccc(S(=O)(=O)NC(C)CC)cc1. The maximum absolute atomic E-state index is 12.2. The fourth-order valence-corrected chi connectivity index (χ4v) is 3.31. The van der Waals surface area contributed by atoms with Crippen LogP contribution < -0.4 is 15.4 Å². The minimum absolute atomic E-state index is 0.127. The second kappa shape index (κ2) is 11.2. The van der Waals surface area contributed by atoms with Crippen molar-refractivity contribution < 1.29 is 17.9 Å². The molecule has 1 aromatic rings. The van der Waals surface area contributed by atoms with E-state index in [0.717, 1.165) is 6.42 Å². The molecule has 0 aromatic heterocycles. The Hall–Kier alpha value is -1.48.